The van der Waals surface area contributed by atoms with Crippen LogP contribution >= 0.6 is 0 Å². The van der Waals surface area contributed by atoms with Crippen molar-refractivity contribution in [1.82, 2.24) is 15.3 Å². The van der Waals surface area contributed by atoms with Gasteiger partial charge in [-0.1, -0.05) is 0 Å². The number of amides is 1. The van der Waals surface area contributed by atoms with Gasteiger partial charge in [-0.15, -0.1) is 0 Å². The summed E-state index contributed by atoms with van der Waals surface area (Å²) in [6, 6.07) is 4.45. The van der Waals surface area contributed by atoms with E-state index >= 15 is 0 Å². The number of imidazole rings is 1. The molecule has 0 saturated heterocycles. The highest BCUT2D eigenvalue weighted by atomic mass is 19.1. The molecule has 1 unspecified atom stereocenters. The van der Waals surface area contributed by atoms with Gasteiger partial charge >= 0.3 is 0 Å². The van der Waals surface area contributed by atoms with E-state index in [9.17, 15) is 9.18 Å². The number of hydrogen-bond donors (Lipinski definition) is 3. The molecule has 1 aromatic heterocycles. The Kier molecular flexibility index (Phi) is 4.68. The third-order valence-corrected chi connectivity index (χ3v) is 3.00. The van der Waals surface area contributed by atoms with E-state index in [1.54, 1.807) is 6.07 Å². The molecule has 2 rings (SSSR count). The molecule has 0 aliphatic carbocycles. The van der Waals surface area contributed by atoms with Crippen LogP contribution in [0.1, 0.15) is 25.6 Å². The first kappa shape index (κ1) is 14.5. The number of H-pyrrole nitrogens is 1. The van der Waals surface area contributed by atoms with E-state index in [1.807, 2.05) is 6.92 Å². The number of nitrogens with one attached hydrogen (secondary N) is 2. The van der Waals surface area contributed by atoms with Crippen LogP contribution in [-0.4, -0.2) is 28.5 Å². The maximum Gasteiger partial charge on any atom is 0.220 e. The quantitative estimate of drug-likeness (QED) is 0.748. The second-order valence-electron chi connectivity index (χ2n) is 4.96. The first-order valence-corrected chi connectivity index (χ1v) is 6.71. The van der Waals surface area contributed by atoms with Gasteiger partial charge in [-0.2, -0.15) is 0 Å². The van der Waals surface area contributed by atoms with Crippen molar-refractivity contribution in [1.29, 1.82) is 0 Å². The Morgan fingerprint density at radius 2 is 2.35 bits per heavy atom. The van der Waals surface area contributed by atoms with Crippen molar-refractivity contribution in [3.8, 4) is 0 Å². The zero-order valence-electron chi connectivity index (χ0n) is 11.4. The molecule has 20 heavy (non-hydrogen) atoms. The van der Waals surface area contributed by atoms with Crippen LogP contribution < -0.4 is 11.1 Å². The lowest BCUT2D eigenvalue weighted by Crippen LogP contribution is -2.27. The van der Waals surface area contributed by atoms with Gasteiger partial charge in [0.05, 0.1) is 11.0 Å². The molecule has 0 radical (unpaired) electrons. The summed E-state index contributed by atoms with van der Waals surface area (Å²) in [5, 5.41) is 2.81. The number of carbonyl (C=O) groups is 1. The van der Waals surface area contributed by atoms with Gasteiger partial charge in [0.2, 0.25) is 5.91 Å². The van der Waals surface area contributed by atoms with Gasteiger partial charge in [0.15, 0.2) is 0 Å². The Bertz CT molecular complexity index is 594. The highest BCUT2D eigenvalue weighted by Crippen LogP contribution is 2.12. The predicted molar refractivity (Wildman–Crippen MR) is 75.6 cm³/mol. The van der Waals surface area contributed by atoms with Crippen LogP contribution in [0, 0.1) is 5.82 Å². The fourth-order valence-corrected chi connectivity index (χ4v) is 1.92. The maximum absolute atomic E-state index is 13.0. The average Bonchev–Trinajstić information content (AvgIpc) is 2.78. The molecule has 0 spiro atoms. The summed E-state index contributed by atoms with van der Waals surface area (Å²) in [4.78, 5) is 18.9. The molecule has 4 N–H and O–H groups in total. The molecule has 5 nitrogen and oxygen atoms in total. The molecule has 1 aromatic carbocycles. The van der Waals surface area contributed by atoms with Crippen molar-refractivity contribution in [3.05, 3.63) is 29.8 Å². The molecule has 0 saturated carbocycles. The number of hydrogen-bond acceptors (Lipinski definition) is 3. The zero-order valence-corrected chi connectivity index (χ0v) is 11.4. The number of halogens is 1. The molecule has 108 valence electrons. The Morgan fingerprint density at radius 1 is 1.55 bits per heavy atom. The van der Waals surface area contributed by atoms with E-state index in [0.717, 1.165) is 11.3 Å². The minimum absolute atomic E-state index is 0.00976. The third kappa shape index (κ3) is 4.03. The van der Waals surface area contributed by atoms with Crippen LogP contribution in [0.4, 0.5) is 4.39 Å². The summed E-state index contributed by atoms with van der Waals surface area (Å²) in [6.45, 7) is 2.38. The Balaban J connectivity index is 1.82. The minimum Gasteiger partial charge on any atom is -0.356 e. The molecule has 1 heterocycles. The lowest BCUT2D eigenvalue weighted by molar-refractivity contribution is -0.121. The summed E-state index contributed by atoms with van der Waals surface area (Å²) < 4.78 is 13.0. The number of nitrogens with two attached hydrogens (primary N) is 1. The fraction of sp³-hybridized carbons (Fsp3) is 0.429. The average molecular weight is 278 g/mol. The predicted octanol–water partition coefficient (Wildman–Crippen LogP) is 1.49. The van der Waals surface area contributed by atoms with E-state index in [1.165, 1.54) is 12.1 Å². The molecular formula is C14H19FN4O. The standard InChI is InChI=1S/C14H19FN4O/c1-9(16)2-5-14(20)17-7-6-13-18-11-4-3-10(15)8-12(11)19-13/h3-4,8-9H,2,5-7,16H2,1H3,(H,17,20)(H,18,19). The molecule has 1 amide bonds. The van der Waals surface area contributed by atoms with Gasteiger partial charge in [-0.25, -0.2) is 9.37 Å². The topological polar surface area (TPSA) is 83.8 Å². The molecule has 2 aromatic rings. The van der Waals surface area contributed by atoms with E-state index < -0.39 is 0 Å². The summed E-state index contributed by atoms with van der Waals surface area (Å²) in [5.41, 5.74) is 6.99. The number of fused-ring (bicyclic) bond motifs is 1. The zero-order chi connectivity index (χ0) is 14.5. The van der Waals surface area contributed by atoms with Crippen molar-refractivity contribution < 1.29 is 9.18 Å². The van der Waals surface area contributed by atoms with Crippen LogP contribution in [0.3, 0.4) is 0 Å². The molecule has 1 atom stereocenters. The molecule has 0 aliphatic heterocycles. The highest BCUT2D eigenvalue weighted by molar-refractivity contribution is 5.76. The van der Waals surface area contributed by atoms with E-state index in [0.29, 0.717) is 31.3 Å². The fourth-order valence-electron chi connectivity index (χ4n) is 1.92. The SMILES string of the molecule is CC(N)CCC(=O)NCCc1nc2ccc(F)cc2[nH]1. The van der Waals surface area contributed by atoms with Gasteiger partial charge in [0, 0.05) is 25.4 Å². The summed E-state index contributed by atoms with van der Waals surface area (Å²) in [6.07, 6.45) is 1.69. The molecule has 0 fully saturated rings. The number of carbonyl (C=O) groups excluding carboxylic acids is 1. The Morgan fingerprint density at radius 3 is 3.10 bits per heavy atom. The van der Waals surface area contributed by atoms with Crippen molar-refractivity contribution in [3.63, 3.8) is 0 Å². The molecular weight excluding hydrogens is 259 g/mol. The number of aromatic nitrogens is 2. The lowest BCUT2D eigenvalue weighted by Gasteiger charge is -2.05. The number of aromatic amines is 1. The molecule has 6 heteroatoms. The van der Waals surface area contributed by atoms with E-state index in [-0.39, 0.29) is 17.8 Å². The van der Waals surface area contributed by atoms with Crippen molar-refractivity contribution >= 4 is 16.9 Å². The van der Waals surface area contributed by atoms with Gasteiger partial charge in [-0.05, 0) is 31.5 Å². The monoisotopic (exact) mass is 278 g/mol. The smallest absolute Gasteiger partial charge is 0.220 e. The third-order valence-electron chi connectivity index (χ3n) is 3.00. The summed E-state index contributed by atoms with van der Waals surface area (Å²) in [5.74, 6) is 0.430. The molecule has 0 aliphatic rings. The minimum atomic E-state index is -0.295. The van der Waals surface area contributed by atoms with Crippen LogP contribution in [0.5, 0.6) is 0 Å². The normalized spacial score (nSPS) is 12.6. The number of nitrogens with zero attached hydrogens (tertiary/aromatic N) is 1. The Labute approximate surface area is 116 Å². The van der Waals surface area contributed by atoms with Crippen LogP contribution in [0.2, 0.25) is 0 Å². The second-order valence-corrected chi connectivity index (χ2v) is 4.96. The van der Waals surface area contributed by atoms with Crippen molar-refractivity contribution in [2.45, 2.75) is 32.2 Å². The Hall–Kier alpha value is -1.95. The maximum atomic E-state index is 13.0. The van der Waals surface area contributed by atoms with Crippen LogP contribution in [0.25, 0.3) is 11.0 Å². The first-order valence-electron chi connectivity index (χ1n) is 6.71. The van der Waals surface area contributed by atoms with Crippen molar-refractivity contribution in [2.75, 3.05) is 6.54 Å². The lowest BCUT2D eigenvalue weighted by atomic mass is 10.2. The largest absolute Gasteiger partial charge is 0.356 e. The second kappa shape index (κ2) is 6.47. The number of rotatable bonds is 6. The highest BCUT2D eigenvalue weighted by Gasteiger charge is 2.06. The van der Waals surface area contributed by atoms with Crippen LogP contribution in [-0.2, 0) is 11.2 Å². The van der Waals surface area contributed by atoms with Crippen molar-refractivity contribution in [2.24, 2.45) is 5.73 Å². The summed E-state index contributed by atoms with van der Waals surface area (Å²) >= 11 is 0. The van der Waals surface area contributed by atoms with E-state index in [4.69, 9.17) is 5.73 Å². The van der Waals surface area contributed by atoms with E-state index in [2.05, 4.69) is 15.3 Å². The number of benzene rings is 1. The summed E-state index contributed by atoms with van der Waals surface area (Å²) in [7, 11) is 0. The van der Waals surface area contributed by atoms with Gasteiger partial charge < -0.3 is 16.0 Å². The van der Waals surface area contributed by atoms with Gasteiger partial charge in [0.1, 0.15) is 11.6 Å². The van der Waals surface area contributed by atoms with Gasteiger partial charge in [-0.3, -0.25) is 4.79 Å². The van der Waals surface area contributed by atoms with Crippen LogP contribution in [0.15, 0.2) is 18.2 Å². The van der Waals surface area contributed by atoms with Gasteiger partial charge in [0.25, 0.3) is 0 Å². The molecule has 0 bridgehead atoms. The first-order chi connectivity index (χ1) is 9.54.